The van der Waals surface area contributed by atoms with Crippen LogP contribution in [0, 0.1) is 17.8 Å². The molecular weight excluding hydrogens is 332 g/mol. The number of rotatable bonds is 5. The summed E-state index contributed by atoms with van der Waals surface area (Å²) in [6.45, 7) is 3.09. The minimum absolute atomic E-state index is 0.300. The molecule has 2 bridgehead atoms. The molecule has 1 aliphatic heterocycles. The molecule has 1 aromatic rings. The highest BCUT2D eigenvalue weighted by Gasteiger charge is 2.40. The Balaban J connectivity index is 1.18. The Labute approximate surface area is 156 Å². The molecule has 2 aliphatic carbocycles. The van der Waals surface area contributed by atoms with E-state index in [1.807, 2.05) is 12.1 Å². The maximum absolute atomic E-state index is 12.4. The molecule has 0 radical (unpaired) electrons. The fourth-order valence-corrected chi connectivity index (χ4v) is 5.36. The zero-order valence-electron chi connectivity index (χ0n) is 14.9. The monoisotopic (exact) mass is 360 g/mol. The Kier molecular flexibility index (Phi) is 5.33. The molecule has 1 amide bonds. The fourth-order valence-electron chi connectivity index (χ4n) is 5.23. The number of carbonyl (C=O) groups excluding carboxylic acids is 1. The Bertz CT molecular complexity index is 594. The van der Waals surface area contributed by atoms with E-state index in [0.29, 0.717) is 17.9 Å². The number of fused-ring (bicyclic) bond motifs is 2. The minimum atomic E-state index is 0.300. The molecule has 4 rings (SSSR count). The average molecular weight is 361 g/mol. The molecule has 0 aromatic heterocycles. The lowest BCUT2D eigenvalue weighted by Crippen LogP contribution is -2.44. The van der Waals surface area contributed by atoms with Crippen LogP contribution in [-0.4, -0.2) is 29.9 Å². The highest BCUT2D eigenvalue weighted by Crippen LogP contribution is 2.49. The van der Waals surface area contributed by atoms with E-state index in [1.54, 1.807) is 0 Å². The molecule has 0 spiro atoms. The second-order valence-electron chi connectivity index (χ2n) is 8.38. The number of piperidine rings is 1. The lowest BCUT2D eigenvalue weighted by atomic mass is 9.86. The second kappa shape index (κ2) is 7.67. The summed E-state index contributed by atoms with van der Waals surface area (Å²) < 4.78 is 0. The standard InChI is InChI=1S/C21H29ClN2O/c22-19-5-2-15(3-6-19)14-24-9-7-20(8-10-24)23-21(25)13-18-12-16-1-4-17(18)11-16/h2-3,5-6,16-18,20H,1,4,7-14H2,(H,23,25)/t16-,17-,18+/m0/s1. The van der Waals surface area contributed by atoms with Crippen molar-refractivity contribution < 1.29 is 4.79 Å². The minimum Gasteiger partial charge on any atom is -0.353 e. The highest BCUT2D eigenvalue weighted by molar-refractivity contribution is 6.30. The van der Waals surface area contributed by atoms with E-state index in [-0.39, 0.29) is 0 Å². The van der Waals surface area contributed by atoms with E-state index in [4.69, 9.17) is 11.6 Å². The van der Waals surface area contributed by atoms with Crippen LogP contribution in [0.4, 0.5) is 0 Å². The summed E-state index contributed by atoms with van der Waals surface area (Å²) in [4.78, 5) is 14.9. The predicted molar refractivity (Wildman–Crippen MR) is 101 cm³/mol. The molecule has 25 heavy (non-hydrogen) atoms. The van der Waals surface area contributed by atoms with Crippen LogP contribution >= 0.6 is 11.6 Å². The van der Waals surface area contributed by atoms with Crippen LogP contribution in [0.2, 0.25) is 5.02 Å². The van der Waals surface area contributed by atoms with Crippen LogP contribution in [0.15, 0.2) is 24.3 Å². The quantitative estimate of drug-likeness (QED) is 0.851. The van der Waals surface area contributed by atoms with E-state index >= 15 is 0 Å². The molecule has 1 saturated heterocycles. The van der Waals surface area contributed by atoms with Crippen molar-refractivity contribution in [3.63, 3.8) is 0 Å². The van der Waals surface area contributed by atoms with Crippen molar-refractivity contribution in [2.24, 2.45) is 17.8 Å². The SMILES string of the molecule is O=C(C[C@H]1C[C@H]2CC[C@H]1C2)NC1CCN(Cc2ccc(Cl)cc2)CC1. The maximum atomic E-state index is 12.4. The van der Waals surface area contributed by atoms with Crippen molar-refractivity contribution >= 4 is 17.5 Å². The Hall–Kier alpha value is -1.06. The van der Waals surface area contributed by atoms with Crippen molar-refractivity contribution in [2.75, 3.05) is 13.1 Å². The third-order valence-electron chi connectivity index (χ3n) is 6.60. The first kappa shape index (κ1) is 17.4. The fraction of sp³-hybridized carbons (Fsp3) is 0.667. The van der Waals surface area contributed by atoms with E-state index in [0.717, 1.165) is 55.8 Å². The Morgan fingerprint density at radius 3 is 2.48 bits per heavy atom. The molecule has 3 nitrogen and oxygen atoms in total. The number of amides is 1. The van der Waals surface area contributed by atoms with Crippen LogP contribution < -0.4 is 5.32 Å². The van der Waals surface area contributed by atoms with Crippen molar-refractivity contribution in [2.45, 2.75) is 57.5 Å². The number of carbonyl (C=O) groups is 1. The van der Waals surface area contributed by atoms with Gasteiger partial charge in [0.15, 0.2) is 0 Å². The number of nitrogens with one attached hydrogen (secondary N) is 1. The summed E-state index contributed by atoms with van der Waals surface area (Å²) in [5, 5.41) is 4.11. The third-order valence-corrected chi connectivity index (χ3v) is 6.86. The van der Waals surface area contributed by atoms with Gasteiger partial charge in [-0.1, -0.05) is 30.2 Å². The number of likely N-dealkylation sites (tertiary alicyclic amines) is 1. The summed E-state index contributed by atoms with van der Waals surface area (Å²) in [6.07, 6.45) is 8.37. The first-order chi connectivity index (χ1) is 12.2. The summed E-state index contributed by atoms with van der Waals surface area (Å²) in [7, 11) is 0. The van der Waals surface area contributed by atoms with Crippen molar-refractivity contribution in [3.05, 3.63) is 34.9 Å². The largest absolute Gasteiger partial charge is 0.353 e. The van der Waals surface area contributed by atoms with Gasteiger partial charge in [0.2, 0.25) is 5.91 Å². The van der Waals surface area contributed by atoms with E-state index < -0.39 is 0 Å². The summed E-state index contributed by atoms with van der Waals surface area (Å²) in [5.74, 6) is 2.74. The van der Waals surface area contributed by atoms with E-state index in [9.17, 15) is 4.79 Å². The molecule has 4 heteroatoms. The molecule has 1 N–H and O–H groups in total. The number of hydrogen-bond donors (Lipinski definition) is 1. The zero-order valence-corrected chi connectivity index (χ0v) is 15.7. The topological polar surface area (TPSA) is 32.3 Å². The van der Waals surface area contributed by atoms with Gasteiger partial charge >= 0.3 is 0 Å². The van der Waals surface area contributed by atoms with Gasteiger partial charge in [0.25, 0.3) is 0 Å². The van der Waals surface area contributed by atoms with Crippen LogP contribution in [0.25, 0.3) is 0 Å². The molecule has 1 aromatic carbocycles. The number of hydrogen-bond acceptors (Lipinski definition) is 2. The Morgan fingerprint density at radius 1 is 1.08 bits per heavy atom. The van der Waals surface area contributed by atoms with Gasteiger partial charge in [0, 0.05) is 37.1 Å². The average Bonchev–Trinajstić information content (AvgIpc) is 3.21. The molecule has 3 aliphatic rings. The molecular formula is C21H29ClN2O. The van der Waals surface area contributed by atoms with Crippen LogP contribution in [0.5, 0.6) is 0 Å². The molecule has 1 heterocycles. The number of benzene rings is 1. The van der Waals surface area contributed by atoms with Gasteiger partial charge in [-0.2, -0.15) is 0 Å². The first-order valence-electron chi connectivity index (χ1n) is 9.92. The summed E-state index contributed by atoms with van der Waals surface area (Å²) in [6, 6.07) is 8.49. The highest BCUT2D eigenvalue weighted by atomic mass is 35.5. The van der Waals surface area contributed by atoms with Gasteiger partial charge in [0.1, 0.15) is 0 Å². The van der Waals surface area contributed by atoms with Crippen LogP contribution in [0.3, 0.4) is 0 Å². The predicted octanol–water partition coefficient (Wildman–Crippen LogP) is 4.25. The lowest BCUT2D eigenvalue weighted by molar-refractivity contribution is -0.123. The molecule has 136 valence electrons. The second-order valence-corrected chi connectivity index (χ2v) is 8.82. The van der Waals surface area contributed by atoms with Gasteiger partial charge in [-0.25, -0.2) is 0 Å². The van der Waals surface area contributed by atoms with Gasteiger partial charge < -0.3 is 5.32 Å². The van der Waals surface area contributed by atoms with Crippen LogP contribution in [0.1, 0.15) is 50.5 Å². The van der Waals surface area contributed by atoms with E-state index in [1.165, 1.54) is 31.2 Å². The number of halogens is 1. The van der Waals surface area contributed by atoms with E-state index in [2.05, 4.69) is 22.3 Å². The third kappa shape index (κ3) is 4.38. The maximum Gasteiger partial charge on any atom is 0.220 e. The lowest BCUT2D eigenvalue weighted by Gasteiger charge is -2.33. The molecule has 3 atom stereocenters. The van der Waals surface area contributed by atoms with Crippen LogP contribution in [-0.2, 0) is 11.3 Å². The molecule has 2 saturated carbocycles. The molecule has 0 unspecified atom stereocenters. The number of nitrogens with zero attached hydrogens (tertiary/aromatic N) is 1. The van der Waals surface area contributed by atoms with Gasteiger partial charge in [-0.3, -0.25) is 9.69 Å². The molecule has 3 fully saturated rings. The summed E-state index contributed by atoms with van der Waals surface area (Å²) in [5.41, 5.74) is 1.31. The summed E-state index contributed by atoms with van der Waals surface area (Å²) >= 11 is 5.95. The van der Waals surface area contributed by atoms with Crippen molar-refractivity contribution in [3.8, 4) is 0 Å². The van der Waals surface area contributed by atoms with Gasteiger partial charge in [-0.15, -0.1) is 0 Å². The van der Waals surface area contributed by atoms with Crippen molar-refractivity contribution in [1.82, 2.24) is 10.2 Å². The van der Waals surface area contributed by atoms with Crippen molar-refractivity contribution in [1.29, 1.82) is 0 Å². The van der Waals surface area contributed by atoms with Gasteiger partial charge in [-0.05, 0) is 67.6 Å². The zero-order chi connectivity index (χ0) is 17.2. The first-order valence-corrected chi connectivity index (χ1v) is 10.3. The Morgan fingerprint density at radius 2 is 1.84 bits per heavy atom. The smallest absolute Gasteiger partial charge is 0.220 e. The van der Waals surface area contributed by atoms with Gasteiger partial charge in [0.05, 0.1) is 0 Å². The normalized spacial score (nSPS) is 29.9.